The molecule has 342 valence electrons. The molecule has 0 spiro atoms. The number of aryl methyl sites for hydroxylation is 1. The molecule has 4 atom stereocenters. The summed E-state index contributed by atoms with van der Waals surface area (Å²) in [5, 5.41) is 16.7. The molecule has 1 aliphatic heterocycles. The smallest absolute Gasteiger partial charge is 0.436 e. The Morgan fingerprint density at radius 2 is 1.52 bits per heavy atom. The van der Waals surface area contributed by atoms with Crippen molar-refractivity contribution in [2.24, 2.45) is 0 Å². The lowest BCUT2D eigenvalue weighted by atomic mass is 9.79. The summed E-state index contributed by atoms with van der Waals surface area (Å²) in [6, 6.07) is 24.5. The van der Waals surface area contributed by atoms with Crippen LogP contribution in [0.4, 0.5) is 13.2 Å². The van der Waals surface area contributed by atoms with E-state index in [1.54, 1.807) is 52.0 Å². The second kappa shape index (κ2) is 19.6. The summed E-state index contributed by atoms with van der Waals surface area (Å²) in [5.41, 5.74) is -4.35. The molecule has 1 saturated heterocycles. The first-order chi connectivity index (χ1) is 30.4. The van der Waals surface area contributed by atoms with Gasteiger partial charge in [0.05, 0.1) is 52.7 Å². The van der Waals surface area contributed by atoms with E-state index < -0.39 is 79.6 Å². The summed E-state index contributed by atoms with van der Waals surface area (Å²) in [6.45, 7) is 7.21. The Morgan fingerprint density at radius 3 is 2.03 bits per heavy atom. The molecule has 5 aromatic rings. The molecule has 1 unspecified atom stereocenters. The number of nitrogens with one attached hydrogen (secondary N) is 1. The lowest BCUT2D eigenvalue weighted by Crippen LogP contribution is -2.52. The minimum Gasteiger partial charge on any atom is -0.497 e. The minimum atomic E-state index is -4.87. The number of ether oxygens (including phenoxy) is 4. The van der Waals surface area contributed by atoms with Crippen molar-refractivity contribution in [3.63, 3.8) is 0 Å². The molecule has 16 nitrogen and oxygen atoms in total. The van der Waals surface area contributed by atoms with Crippen molar-refractivity contribution in [1.82, 2.24) is 29.2 Å². The fraction of sp³-hybridized carbons (Fsp3) is 0.432. The first-order valence-corrected chi connectivity index (χ1v) is 21.9. The lowest BCUT2D eigenvalue weighted by molar-refractivity contribution is -0.167. The van der Waals surface area contributed by atoms with Gasteiger partial charge in [-0.3, -0.25) is 23.4 Å². The molecule has 1 N–H and O–H groups in total. The van der Waals surface area contributed by atoms with Crippen LogP contribution >= 0.6 is 7.75 Å². The molecule has 0 saturated carbocycles. The predicted molar refractivity (Wildman–Crippen MR) is 228 cm³/mol. The van der Waals surface area contributed by atoms with Crippen LogP contribution in [0.25, 0.3) is 0 Å². The molecular formula is C44H51F3N7O9P. The zero-order chi connectivity index (χ0) is 46.5. The van der Waals surface area contributed by atoms with Crippen molar-refractivity contribution in [1.29, 1.82) is 5.26 Å². The summed E-state index contributed by atoms with van der Waals surface area (Å²) >= 11 is 0. The zero-order valence-corrected chi connectivity index (χ0v) is 37.3. The van der Waals surface area contributed by atoms with Gasteiger partial charge in [-0.05, 0) is 75.6 Å². The van der Waals surface area contributed by atoms with E-state index in [2.05, 4.69) is 15.3 Å². The number of rotatable bonds is 19. The number of alkyl halides is 3. The third-order valence-electron chi connectivity index (χ3n) is 10.9. The highest BCUT2D eigenvalue weighted by atomic mass is 31.2. The van der Waals surface area contributed by atoms with Gasteiger partial charge in [-0.1, -0.05) is 59.8 Å². The zero-order valence-electron chi connectivity index (χ0n) is 36.4. The second-order valence-corrected chi connectivity index (χ2v) is 17.7. The number of hydrogen-bond acceptors (Lipinski definition) is 12. The minimum absolute atomic E-state index is 0.149. The number of hydrogen-bond donors (Lipinski definition) is 1. The Balaban J connectivity index is 1.63. The number of nitrogens with zero attached hydrogens (tertiary/aromatic N) is 6. The summed E-state index contributed by atoms with van der Waals surface area (Å²) in [7, 11) is -1.42. The van der Waals surface area contributed by atoms with E-state index in [1.807, 2.05) is 60.7 Å². The predicted octanol–water partition coefficient (Wildman–Crippen LogP) is 7.38. The van der Waals surface area contributed by atoms with Gasteiger partial charge in [0.1, 0.15) is 35.0 Å². The molecule has 0 amide bonds. The number of H-pyrrole nitrogens is 1. The maximum atomic E-state index is 15.5. The SMILES string of the molecule is COc1ccc(C(OC[C@@]2(Cn3cc(C(F)(F)F)nn3)O[C@@H](n3cc(C)c(=O)[nH]c3=O)C[C@@H]2OP(=O)(OCCC#N)N(C(C)C)C(C)C)(c2ccccc2)c2ccc(OC)cc2)cc1. The van der Waals surface area contributed by atoms with E-state index in [4.69, 9.17) is 28.0 Å². The van der Waals surface area contributed by atoms with Crippen LogP contribution in [-0.4, -0.2) is 80.4 Å². The van der Waals surface area contributed by atoms with Crippen LogP contribution in [0.2, 0.25) is 0 Å². The molecule has 0 aliphatic carbocycles. The summed E-state index contributed by atoms with van der Waals surface area (Å²) in [5.74, 6) is 1.10. The lowest BCUT2D eigenvalue weighted by Gasteiger charge is -2.43. The van der Waals surface area contributed by atoms with Crippen molar-refractivity contribution < 1.29 is 45.7 Å². The van der Waals surface area contributed by atoms with Crippen LogP contribution in [-0.2, 0) is 41.4 Å². The van der Waals surface area contributed by atoms with Gasteiger partial charge in [0.2, 0.25) is 0 Å². The number of methoxy groups -OCH3 is 2. The Hall–Kier alpha value is -5.61. The van der Waals surface area contributed by atoms with Gasteiger partial charge in [-0.15, -0.1) is 5.10 Å². The molecule has 3 heterocycles. The number of nitriles is 1. The molecule has 64 heavy (non-hydrogen) atoms. The van der Waals surface area contributed by atoms with Gasteiger partial charge in [0.15, 0.2) is 5.69 Å². The van der Waals surface area contributed by atoms with Crippen molar-refractivity contribution in [3.05, 3.63) is 140 Å². The maximum absolute atomic E-state index is 15.5. The van der Waals surface area contributed by atoms with E-state index in [1.165, 1.54) is 32.0 Å². The summed E-state index contributed by atoms with van der Waals surface area (Å²) < 4.78 is 99.3. The first kappa shape index (κ1) is 47.9. The molecule has 3 aromatic carbocycles. The number of benzene rings is 3. The Labute approximate surface area is 368 Å². The van der Waals surface area contributed by atoms with E-state index >= 15 is 4.57 Å². The Bertz CT molecular complexity index is 2510. The molecule has 6 rings (SSSR count). The fourth-order valence-electron chi connectivity index (χ4n) is 7.98. The van der Waals surface area contributed by atoms with Gasteiger partial charge in [-0.25, -0.2) is 18.7 Å². The second-order valence-electron chi connectivity index (χ2n) is 15.8. The van der Waals surface area contributed by atoms with Crippen molar-refractivity contribution in [2.45, 2.75) is 95.8 Å². The third kappa shape index (κ3) is 10.0. The van der Waals surface area contributed by atoms with Crippen LogP contribution in [0.1, 0.15) is 74.7 Å². The quantitative estimate of drug-likeness (QED) is 0.0492. The summed E-state index contributed by atoms with van der Waals surface area (Å²) in [6.07, 6.45) is -6.03. The number of halogens is 3. The highest BCUT2D eigenvalue weighted by Gasteiger charge is 2.57. The third-order valence-corrected chi connectivity index (χ3v) is 13.4. The molecule has 2 aromatic heterocycles. The first-order valence-electron chi connectivity index (χ1n) is 20.4. The van der Waals surface area contributed by atoms with Crippen LogP contribution in [0, 0.1) is 18.3 Å². The van der Waals surface area contributed by atoms with Crippen LogP contribution in [0.3, 0.4) is 0 Å². The van der Waals surface area contributed by atoms with E-state index in [9.17, 15) is 28.0 Å². The normalized spacial score (nSPS) is 18.9. The van der Waals surface area contributed by atoms with E-state index in [0.29, 0.717) is 34.4 Å². The van der Waals surface area contributed by atoms with Crippen LogP contribution in [0.15, 0.2) is 101 Å². The Kier molecular flexibility index (Phi) is 14.7. The average molecular weight is 910 g/mol. The molecule has 0 radical (unpaired) electrons. The standard InChI is InChI=1S/C44H51F3N7O9P/c1-29(2)54(30(3)4)64(57,61-23-11-22-48)63-38-24-39(53-25-31(5)40(55)49-41(53)56)62-42(38,27-52-26-37(50-51-52)44(45,46)47)28-60-43(32-12-9-8-10-13-32,33-14-18-35(58-6)19-15-33)34-16-20-36(59-7)21-17-34/h8-10,12-21,25-26,29-30,38-39H,11,23-24,27-28H2,1-7H3,(H,49,55,56)/t38-,39+,42+,64?/m0/s1. The molecule has 1 aliphatic rings. The molecular weight excluding hydrogens is 858 g/mol. The molecule has 1 fully saturated rings. The van der Waals surface area contributed by atoms with Crippen molar-refractivity contribution in [2.75, 3.05) is 27.4 Å². The highest BCUT2D eigenvalue weighted by molar-refractivity contribution is 7.51. The highest BCUT2D eigenvalue weighted by Crippen LogP contribution is 2.59. The van der Waals surface area contributed by atoms with Crippen molar-refractivity contribution >= 4 is 7.75 Å². The summed E-state index contributed by atoms with van der Waals surface area (Å²) in [4.78, 5) is 28.4. The van der Waals surface area contributed by atoms with Crippen molar-refractivity contribution in [3.8, 4) is 17.6 Å². The Morgan fingerprint density at radius 1 is 0.938 bits per heavy atom. The number of aromatic nitrogens is 5. The topological polar surface area (TPSA) is 185 Å². The van der Waals surface area contributed by atoms with Gasteiger partial charge >= 0.3 is 19.6 Å². The van der Waals surface area contributed by atoms with Gasteiger partial charge in [-0.2, -0.15) is 18.4 Å². The number of aromatic amines is 1. The fourth-order valence-corrected chi connectivity index (χ4v) is 10.3. The van der Waals surface area contributed by atoms with Crippen LogP contribution in [0.5, 0.6) is 11.5 Å². The van der Waals surface area contributed by atoms with E-state index in [-0.39, 0.29) is 25.0 Å². The molecule has 0 bridgehead atoms. The maximum Gasteiger partial charge on any atom is 0.436 e. The van der Waals surface area contributed by atoms with Crippen LogP contribution < -0.4 is 20.7 Å². The average Bonchev–Trinajstić information content (AvgIpc) is 3.88. The van der Waals surface area contributed by atoms with Gasteiger partial charge in [0, 0.05) is 30.3 Å². The van der Waals surface area contributed by atoms with E-state index in [0.717, 1.165) is 9.25 Å². The van der Waals surface area contributed by atoms with Gasteiger partial charge < -0.3 is 18.9 Å². The van der Waals surface area contributed by atoms with Gasteiger partial charge in [0.25, 0.3) is 5.56 Å². The molecule has 20 heteroatoms. The monoisotopic (exact) mass is 909 g/mol. The largest absolute Gasteiger partial charge is 0.497 e.